The molecule has 1 atom stereocenters. The Labute approximate surface area is 121 Å². The average molecular weight is 275 g/mol. The van der Waals surface area contributed by atoms with Gasteiger partial charge < -0.3 is 9.64 Å². The van der Waals surface area contributed by atoms with Crippen molar-refractivity contribution in [1.29, 1.82) is 0 Å². The molecule has 1 aromatic carbocycles. The summed E-state index contributed by atoms with van der Waals surface area (Å²) < 4.78 is 5.77. The van der Waals surface area contributed by atoms with Crippen LogP contribution in [-0.4, -0.2) is 30.0 Å². The van der Waals surface area contributed by atoms with E-state index in [1.165, 1.54) is 12.0 Å². The van der Waals surface area contributed by atoms with Crippen molar-refractivity contribution in [2.24, 2.45) is 0 Å². The molecule has 1 saturated heterocycles. The van der Waals surface area contributed by atoms with E-state index >= 15 is 0 Å². The Balaban J connectivity index is 1.92. The largest absolute Gasteiger partial charge is 0.481 e. The van der Waals surface area contributed by atoms with Gasteiger partial charge in [-0.15, -0.1) is 0 Å². The first-order valence-corrected chi connectivity index (χ1v) is 7.63. The van der Waals surface area contributed by atoms with Crippen molar-refractivity contribution in [3.05, 3.63) is 29.8 Å². The molecule has 2 rings (SSSR count). The number of piperidine rings is 1. The molecule has 1 fully saturated rings. The second kappa shape index (κ2) is 6.78. The molecular weight excluding hydrogens is 250 g/mol. The third-order valence-electron chi connectivity index (χ3n) is 3.88. The Bertz CT molecular complexity index is 433. The molecule has 0 spiro atoms. The minimum atomic E-state index is -0.405. The van der Waals surface area contributed by atoms with E-state index in [-0.39, 0.29) is 5.91 Å². The molecule has 0 saturated carbocycles. The monoisotopic (exact) mass is 275 g/mol. The number of nitrogens with zero attached hydrogens (tertiary/aromatic N) is 1. The van der Waals surface area contributed by atoms with Crippen molar-refractivity contribution in [2.45, 2.75) is 52.1 Å². The van der Waals surface area contributed by atoms with Crippen molar-refractivity contribution < 1.29 is 9.53 Å². The highest BCUT2D eigenvalue weighted by molar-refractivity contribution is 5.81. The fourth-order valence-corrected chi connectivity index (χ4v) is 2.56. The van der Waals surface area contributed by atoms with Crippen LogP contribution in [0.1, 0.15) is 51.5 Å². The lowest BCUT2D eigenvalue weighted by atomic mass is 10.0. The molecule has 0 aromatic heterocycles. The first-order chi connectivity index (χ1) is 9.58. The van der Waals surface area contributed by atoms with Crippen molar-refractivity contribution in [3.63, 3.8) is 0 Å². The maximum atomic E-state index is 12.3. The average Bonchev–Trinajstić information content (AvgIpc) is 2.48. The number of ether oxygens (including phenoxy) is 1. The maximum absolute atomic E-state index is 12.3. The molecule has 1 amide bonds. The third-order valence-corrected chi connectivity index (χ3v) is 3.88. The fourth-order valence-electron chi connectivity index (χ4n) is 2.56. The predicted molar refractivity (Wildman–Crippen MR) is 81.1 cm³/mol. The number of hydrogen-bond acceptors (Lipinski definition) is 2. The molecule has 1 aliphatic heterocycles. The van der Waals surface area contributed by atoms with Gasteiger partial charge in [0.15, 0.2) is 6.10 Å². The highest BCUT2D eigenvalue weighted by Crippen LogP contribution is 2.20. The summed E-state index contributed by atoms with van der Waals surface area (Å²) in [6.45, 7) is 7.92. The van der Waals surface area contributed by atoms with Crippen molar-refractivity contribution in [1.82, 2.24) is 4.90 Å². The van der Waals surface area contributed by atoms with Crippen LogP contribution in [-0.2, 0) is 4.79 Å². The van der Waals surface area contributed by atoms with Crippen LogP contribution in [0.3, 0.4) is 0 Å². The van der Waals surface area contributed by atoms with Gasteiger partial charge in [0, 0.05) is 13.1 Å². The lowest BCUT2D eigenvalue weighted by molar-refractivity contribution is -0.138. The SMILES string of the molecule is CC(Oc1ccc(C(C)C)cc1)C(=O)N1CCCCC1. The van der Waals surface area contributed by atoms with Crippen LogP contribution < -0.4 is 4.74 Å². The zero-order chi connectivity index (χ0) is 14.5. The van der Waals surface area contributed by atoms with Crippen LogP contribution in [0.15, 0.2) is 24.3 Å². The second-order valence-corrected chi connectivity index (χ2v) is 5.87. The molecule has 1 aliphatic rings. The summed E-state index contributed by atoms with van der Waals surface area (Å²) >= 11 is 0. The Kier molecular flexibility index (Phi) is 5.05. The number of benzene rings is 1. The summed E-state index contributed by atoms with van der Waals surface area (Å²) in [7, 11) is 0. The zero-order valence-electron chi connectivity index (χ0n) is 12.8. The number of carbonyl (C=O) groups excluding carboxylic acids is 1. The Hall–Kier alpha value is -1.51. The summed E-state index contributed by atoms with van der Waals surface area (Å²) in [6, 6.07) is 8.04. The third kappa shape index (κ3) is 3.75. The van der Waals surface area contributed by atoms with Gasteiger partial charge in [0.25, 0.3) is 5.91 Å². The molecule has 0 bridgehead atoms. The Morgan fingerprint density at radius 3 is 2.20 bits per heavy atom. The highest BCUT2D eigenvalue weighted by Gasteiger charge is 2.23. The smallest absolute Gasteiger partial charge is 0.263 e. The van der Waals surface area contributed by atoms with Crippen LogP contribution >= 0.6 is 0 Å². The molecular formula is C17H25NO2. The minimum Gasteiger partial charge on any atom is -0.481 e. The van der Waals surface area contributed by atoms with E-state index in [1.807, 2.05) is 24.0 Å². The quantitative estimate of drug-likeness (QED) is 0.840. The molecule has 3 nitrogen and oxygen atoms in total. The number of hydrogen-bond donors (Lipinski definition) is 0. The van der Waals surface area contributed by atoms with E-state index in [0.717, 1.165) is 31.7 Å². The van der Waals surface area contributed by atoms with E-state index in [0.29, 0.717) is 5.92 Å². The highest BCUT2D eigenvalue weighted by atomic mass is 16.5. The van der Waals surface area contributed by atoms with Crippen LogP contribution in [0.4, 0.5) is 0 Å². The van der Waals surface area contributed by atoms with E-state index in [9.17, 15) is 4.79 Å². The number of carbonyl (C=O) groups is 1. The summed E-state index contributed by atoms with van der Waals surface area (Å²) in [6.07, 6.45) is 3.05. The summed E-state index contributed by atoms with van der Waals surface area (Å²) in [4.78, 5) is 14.2. The van der Waals surface area contributed by atoms with Gasteiger partial charge in [-0.3, -0.25) is 4.79 Å². The van der Waals surface area contributed by atoms with E-state index in [2.05, 4.69) is 26.0 Å². The molecule has 20 heavy (non-hydrogen) atoms. The first kappa shape index (κ1) is 14.9. The van der Waals surface area contributed by atoms with Gasteiger partial charge in [0.2, 0.25) is 0 Å². The van der Waals surface area contributed by atoms with Gasteiger partial charge in [-0.2, -0.15) is 0 Å². The van der Waals surface area contributed by atoms with Gasteiger partial charge in [0.1, 0.15) is 5.75 Å². The molecule has 1 heterocycles. The van der Waals surface area contributed by atoms with E-state index < -0.39 is 6.10 Å². The first-order valence-electron chi connectivity index (χ1n) is 7.63. The van der Waals surface area contributed by atoms with Crippen LogP contribution in [0.5, 0.6) is 5.75 Å². The molecule has 3 heteroatoms. The molecule has 0 radical (unpaired) electrons. The number of amides is 1. The lowest BCUT2D eigenvalue weighted by Gasteiger charge is -2.29. The zero-order valence-corrected chi connectivity index (χ0v) is 12.8. The minimum absolute atomic E-state index is 0.109. The van der Waals surface area contributed by atoms with Crippen molar-refractivity contribution >= 4 is 5.91 Å². The summed E-state index contributed by atoms with van der Waals surface area (Å²) in [5.41, 5.74) is 1.28. The van der Waals surface area contributed by atoms with Crippen molar-refractivity contribution in [2.75, 3.05) is 13.1 Å². The van der Waals surface area contributed by atoms with Gasteiger partial charge in [0.05, 0.1) is 0 Å². The van der Waals surface area contributed by atoms with Crippen molar-refractivity contribution in [3.8, 4) is 5.75 Å². The van der Waals surface area contributed by atoms with Gasteiger partial charge in [-0.25, -0.2) is 0 Å². The molecule has 0 N–H and O–H groups in total. The second-order valence-electron chi connectivity index (χ2n) is 5.87. The van der Waals surface area contributed by atoms with Crippen LogP contribution in [0, 0.1) is 0 Å². The summed E-state index contributed by atoms with van der Waals surface area (Å²) in [5.74, 6) is 1.39. The topological polar surface area (TPSA) is 29.5 Å². The maximum Gasteiger partial charge on any atom is 0.263 e. The van der Waals surface area contributed by atoms with Crippen LogP contribution in [0.2, 0.25) is 0 Å². The predicted octanol–water partition coefficient (Wildman–Crippen LogP) is 3.59. The normalized spacial score (nSPS) is 17.1. The number of rotatable bonds is 4. The lowest BCUT2D eigenvalue weighted by Crippen LogP contribution is -2.43. The van der Waals surface area contributed by atoms with E-state index in [1.54, 1.807) is 0 Å². The standard InChI is InChI=1S/C17H25NO2/c1-13(2)15-7-9-16(10-8-15)20-14(3)17(19)18-11-5-4-6-12-18/h7-10,13-14H,4-6,11-12H2,1-3H3. The molecule has 1 aromatic rings. The van der Waals surface area contributed by atoms with Crippen LogP contribution in [0.25, 0.3) is 0 Å². The fraction of sp³-hybridized carbons (Fsp3) is 0.588. The number of likely N-dealkylation sites (tertiary alicyclic amines) is 1. The molecule has 1 unspecified atom stereocenters. The van der Waals surface area contributed by atoms with Gasteiger partial charge >= 0.3 is 0 Å². The summed E-state index contributed by atoms with van der Waals surface area (Å²) in [5, 5.41) is 0. The van der Waals surface area contributed by atoms with Gasteiger partial charge in [-0.1, -0.05) is 26.0 Å². The van der Waals surface area contributed by atoms with E-state index in [4.69, 9.17) is 4.74 Å². The Morgan fingerprint density at radius 1 is 1.05 bits per heavy atom. The molecule has 0 aliphatic carbocycles. The Morgan fingerprint density at radius 2 is 1.65 bits per heavy atom. The van der Waals surface area contributed by atoms with Gasteiger partial charge in [-0.05, 0) is 49.8 Å². The molecule has 110 valence electrons.